The molecule has 1 heterocycles. The van der Waals surface area contributed by atoms with Crippen molar-refractivity contribution >= 4 is 17.3 Å². The van der Waals surface area contributed by atoms with Crippen molar-refractivity contribution in [1.82, 2.24) is 0 Å². The highest BCUT2D eigenvalue weighted by Crippen LogP contribution is 2.19. The number of hydrogen-bond donors (Lipinski definition) is 1. The third kappa shape index (κ3) is 2.54. The molecule has 4 heteroatoms. The molecule has 0 saturated heterocycles. The number of thiophene rings is 1. The molecule has 0 bridgehead atoms. The fraction of sp³-hybridized carbons (Fsp3) is 0.444. The molecule has 0 unspecified atom stereocenters. The van der Waals surface area contributed by atoms with E-state index in [4.69, 9.17) is 5.11 Å². The van der Waals surface area contributed by atoms with Crippen molar-refractivity contribution in [3.05, 3.63) is 21.9 Å². The zero-order valence-electron chi connectivity index (χ0n) is 7.45. The van der Waals surface area contributed by atoms with Crippen LogP contribution in [0.15, 0.2) is 11.4 Å². The molecule has 0 saturated carbocycles. The van der Waals surface area contributed by atoms with Crippen molar-refractivity contribution in [3.8, 4) is 0 Å². The highest BCUT2D eigenvalue weighted by atomic mass is 32.1. The summed E-state index contributed by atoms with van der Waals surface area (Å²) in [4.78, 5) is 11.8. The van der Waals surface area contributed by atoms with Crippen LogP contribution in [0, 0.1) is 0 Å². The number of carbonyl (C=O) groups is 1. The predicted octanol–water partition coefficient (Wildman–Crippen LogP) is 1.46. The van der Waals surface area contributed by atoms with Crippen molar-refractivity contribution in [2.75, 3.05) is 13.7 Å². The second-order valence-corrected chi connectivity index (χ2v) is 3.51. The van der Waals surface area contributed by atoms with E-state index in [9.17, 15) is 4.79 Å². The van der Waals surface area contributed by atoms with Crippen molar-refractivity contribution in [1.29, 1.82) is 0 Å². The summed E-state index contributed by atoms with van der Waals surface area (Å²) in [5.74, 6) is -0.289. The van der Waals surface area contributed by atoms with Gasteiger partial charge in [0.1, 0.15) is 4.88 Å². The molecule has 0 fully saturated rings. The molecule has 0 amide bonds. The number of aliphatic hydroxyl groups excluding tert-OH is 1. The fourth-order valence-corrected chi connectivity index (χ4v) is 1.94. The van der Waals surface area contributed by atoms with E-state index in [1.165, 1.54) is 18.4 Å². The molecule has 3 nitrogen and oxygen atoms in total. The van der Waals surface area contributed by atoms with Gasteiger partial charge >= 0.3 is 5.97 Å². The normalized spacial score (nSPS) is 10.0. The molecule has 0 aliphatic rings. The smallest absolute Gasteiger partial charge is 0.348 e. The van der Waals surface area contributed by atoms with Crippen LogP contribution in [0.1, 0.15) is 21.7 Å². The second-order valence-electron chi connectivity index (χ2n) is 2.59. The van der Waals surface area contributed by atoms with Gasteiger partial charge in [-0.05, 0) is 29.9 Å². The maximum atomic E-state index is 11.2. The summed E-state index contributed by atoms with van der Waals surface area (Å²) < 4.78 is 4.62. The number of aliphatic hydroxyl groups is 1. The second kappa shape index (κ2) is 4.99. The molecule has 1 aromatic rings. The molecule has 0 aliphatic heterocycles. The molecule has 1 rings (SSSR count). The minimum absolute atomic E-state index is 0.149. The Morgan fingerprint density at radius 3 is 3.08 bits per heavy atom. The van der Waals surface area contributed by atoms with Gasteiger partial charge in [0.25, 0.3) is 0 Å². The number of rotatable bonds is 4. The monoisotopic (exact) mass is 200 g/mol. The van der Waals surface area contributed by atoms with Crippen LogP contribution in [0.25, 0.3) is 0 Å². The Morgan fingerprint density at radius 2 is 2.46 bits per heavy atom. The van der Waals surface area contributed by atoms with Gasteiger partial charge in [-0.1, -0.05) is 0 Å². The van der Waals surface area contributed by atoms with Gasteiger partial charge in [-0.15, -0.1) is 11.3 Å². The van der Waals surface area contributed by atoms with Crippen LogP contribution in [0.5, 0.6) is 0 Å². The highest BCUT2D eigenvalue weighted by molar-refractivity contribution is 7.12. The molecular formula is C9H12O3S. The van der Waals surface area contributed by atoms with Gasteiger partial charge in [-0.3, -0.25) is 0 Å². The first-order valence-electron chi connectivity index (χ1n) is 4.05. The minimum atomic E-state index is -0.289. The number of aryl methyl sites for hydroxylation is 1. The Labute approximate surface area is 81.0 Å². The lowest BCUT2D eigenvalue weighted by Crippen LogP contribution is -2.02. The van der Waals surface area contributed by atoms with Gasteiger partial charge in [0.05, 0.1) is 7.11 Å². The lowest BCUT2D eigenvalue weighted by molar-refractivity contribution is 0.0605. The minimum Gasteiger partial charge on any atom is -0.465 e. The van der Waals surface area contributed by atoms with Crippen LogP contribution in [-0.4, -0.2) is 24.8 Å². The number of methoxy groups -OCH3 is 1. The zero-order chi connectivity index (χ0) is 9.68. The van der Waals surface area contributed by atoms with Gasteiger partial charge in [0.2, 0.25) is 0 Å². The van der Waals surface area contributed by atoms with Gasteiger partial charge in [-0.25, -0.2) is 4.79 Å². The topological polar surface area (TPSA) is 46.5 Å². The lowest BCUT2D eigenvalue weighted by Gasteiger charge is -2.00. The first-order valence-corrected chi connectivity index (χ1v) is 4.93. The summed E-state index contributed by atoms with van der Waals surface area (Å²) in [6, 6.07) is 1.90. The number of carbonyl (C=O) groups excluding carboxylic acids is 1. The van der Waals surface area contributed by atoms with Crippen LogP contribution in [0.3, 0.4) is 0 Å². The first-order chi connectivity index (χ1) is 6.29. The van der Waals surface area contributed by atoms with E-state index in [0.29, 0.717) is 11.3 Å². The Morgan fingerprint density at radius 1 is 1.69 bits per heavy atom. The molecule has 0 spiro atoms. The molecule has 1 aromatic heterocycles. The summed E-state index contributed by atoms with van der Waals surface area (Å²) >= 11 is 1.38. The van der Waals surface area contributed by atoms with E-state index in [-0.39, 0.29) is 12.6 Å². The van der Waals surface area contributed by atoms with E-state index in [1.807, 2.05) is 11.4 Å². The van der Waals surface area contributed by atoms with E-state index in [0.717, 1.165) is 12.0 Å². The maximum absolute atomic E-state index is 11.2. The lowest BCUT2D eigenvalue weighted by atomic mass is 10.1. The molecule has 13 heavy (non-hydrogen) atoms. The Hall–Kier alpha value is -0.870. The zero-order valence-corrected chi connectivity index (χ0v) is 8.26. The first kappa shape index (κ1) is 10.2. The summed E-state index contributed by atoms with van der Waals surface area (Å²) in [6.45, 7) is 0.149. The van der Waals surface area contributed by atoms with E-state index in [1.54, 1.807) is 0 Å². The van der Waals surface area contributed by atoms with Crippen LogP contribution in [-0.2, 0) is 11.2 Å². The van der Waals surface area contributed by atoms with E-state index >= 15 is 0 Å². The van der Waals surface area contributed by atoms with Crippen LogP contribution in [0.2, 0.25) is 0 Å². The molecular weight excluding hydrogens is 188 g/mol. The molecule has 1 N–H and O–H groups in total. The van der Waals surface area contributed by atoms with Crippen molar-refractivity contribution < 1.29 is 14.6 Å². The molecule has 0 radical (unpaired) electrons. The Bertz CT molecular complexity index is 280. The molecule has 0 aliphatic carbocycles. The third-order valence-electron chi connectivity index (χ3n) is 1.72. The Balaban J connectivity index is 2.71. The van der Waals surface area contributed by atoms with Gasteiger partial charge in [0.15, 0.2) is 0 Å². The summed E-state index contributed by atoms with van der Waals surface area (Å²) in [5, 5.41) is 10.5. The quantitative estimate of drug-likeness (QED) is 0.748. The molecule has 72 valence electrons. The van der Waals surface area contributed by atoms with Gasteiger partial charge in [0, 0.05) is 6.61 Å². The average molecular weight is 200 g/mol. The van der Waals surface area contributed by atoms with Gasteiger partial charge < -0.3 is 9.84 Å². The van der Waals surface area contributed by atoms with Crippen molar-refractivity contribution in [3.63, 3.8) is 0 Å². The summed E-state index contributed by atoms with van der Waals surface area (Å²) in [5.41, 5.74) is 0.964. The largest absolute Gasteiger partial charge is 0.465 e. The summed E-state index contributed by atoms with van der Waals surface area (Å²) in [7, 11) is 1.37. The van der Waals surface area contributed by atoms with Crippen LogP contribution in [0.4, 0.5) is 0 Å². The van der Waals surface area contributed by atoms with E-state index < -0.39 is 0 Å². The number of esters is 1. The predicted molar refractivity (Wildman–Crippen MR) is 51.1 cm³/mol. The fourth-order valence-electron chi connectivity index (χ4n) is 1.07. The van der Waals surface area contributed by atoms with Crippen molar-refractivity contribution in [2.45, 2.75) is 12.8 Å². The average Bonchev–Trinajstić information content (AvgIpc) is 2.61. The number of hydrogen-bond acceptors (Lipinski definition) is 4. The van der Waals surface area contributed by atoms with Crippen LogP contribution >= 0.6 is 11.3 Å². The molecule has 0 aromatic carbocycles. The molecule has 0 atom stereocenters. The van der Waals surface area contributed by atoms with E-state index in [2.05, 4.69) is 4.74 Å². The van der Waals surface area contributed by atoms with Crippen molar-refractivity contribution in [2.24, 2.45) is 0 Å². The Kier molecular flexibility index (Phi) is 3.92. The highest BCUT2D eigenvalue weighted by Gasteiger charge is 2.12. The van der Waals surface area contributed by atoms with Crippen LogP contribution < -0.4 is 0 Å². The standard InChI is InChI=1S/C9H12O3S/c1-12-9(11)8-7(3-2-5-10)4-6-13-8/h4,6,10H,2-3,5H2,1H3. The third-order valence-corrected chi connectivity index (χ3v) is 2.66. The van der Waals surface area contributed by atoms with Gasteiger partial charge in [-0.2, -0.15) is 0 Å². The SMILES string of the molecule is COC(=O)c1sccc1CCCO. The number of ether oxygens (including phenoxy) is 1. The maximum Gasteiger partial charge on any atom is 0.348 e. The summed E-state index contributed by atoms with van der Waals surface area (Å²) in [6.07, 6.45) is 1.41.